The quantitative estimate of drug-likeness (QED) is 0.629. The number of carboxylic acids is 1. The number of carbonyl (C=O) groups excluding carboxylic acids is 1. The summed E-state index contributed by atoms with van der Waals surface area (Å²) in [6, 6.07) is 9.53. The Kier molecular flexibility index (Phi) is 5.23. The van der Waals surface area contributed by atoms with E-state index in [1.165, 1.54) is 18.2 Å². The number of amides is 1. The lowest BCUT2D eigenvalue weighted by Gasteiger charge is -2.09. The monoisotopic (exact) mass is 479 g/mol. The fourth-order valence-corrected chi connectivity index (χ4v) is 2.76. The molecule has 0 aliphatic carbocycles. The van der Waals surface area contributed by atoms with E-state index in [9.17, 15) is 9.59 Å². The van der Waals surface area contributed by atoms with Crippen LogP contribution < -0.4 is 5.32 Å². The maximum absolute atomic E-state index is 12.2. The van der Waals surface area contributed by atoms with Gasteiger partial charge in [0, 0.05) is 8.04 Å². The van der Waals surface area contributed by atoms with Crippen molar-refractivity contribution in [3.8, 4) is 0 Å². The van der Waals surface area contributed by atoms with Gasteiger partial charge < -0.3 is 10.4 Å². The van der Waals surface area contributed by atoms with E-state index >= 15 is 0 Å². The zero-order valence-corrected chi connectivity index (χ0v) is 14.9. The van der Waals surface area contributed by atoms with E-state index in [1.54, 1.807) is 12.1 Å². The summed E-state index contributed by atoms with van der Waals surface area (Å²) in [7, 11) is 0. The second-order valence-corrected chi connectivity index (χ2v) is 6.59. The van der Waals surface area contributed by atoms with Crippen molar-refractivity contribution in [1.29, 1.82) is 0 Å². The Morgan fingerprint density at radius 1 is 1.19 bits per heavy atom. The molecule has 0 heterocycles. The lowest BCUT2D eigenvalue weighted by Crippen LogP contribution is -2.13. The van der Waals surface area contributed by atoms with Crippen LogP contribution in [0.15, 0.2) is 40.9 Å². The van der Waals surface area contributed by atoms with Gasteiger partial charge in [-0.25, -0.2) is 4.79 Å². The van der Waals surface area contributed by atoms with E-state index in [-0.39, 0.29) is 16.5 Å². The van der Waals surface area contributed by atoms with Gasteiger partial charge in [-0.2, -0.15) is 0 Å². The maximum Gasteiger partial charge on any atom is 0.335 e. The van der Waals surface area contributed by atoms with Gasteiger partial charge in [-0.1, -0.05) is 11.6 Å². The van der Waals surface area contributed by atoms with Gasteiger partial charge in [0.2, 0.25) is 0 Å². The highest BCUT2D eigenvalue weighted by Crippen LogP contribution is 2.25. The molecule has 0 atom stereocenters. The molecule has 0 saturated heterocycles. The Hall–Kier alpha value is -1.12. The van der Waals surface area contributed by atoms with E-state index < -0.39 is 5.97 Å². The molecule has 1 amide bonds. The van der Waals surface area contributed by atoms with Gasteiger partial charge in [-0.15, -0.1) is 0 Å². The van der Waals surface area contributed by atoms with E-state index in [0.29, 0.717) is 15.7 Å². The van der Waals surface area contributed by atoms with Crippen molar-refractivity contribution < 1.29 is 14.7 Å². The molecule has 0 saturated carbocycles. The first-order valence-corrected chi connectivity index (χ1v) is 7.92. The van der Waals surface area contributed by atoms with Crippen LogP contribution in [0.5, 0.6) is 0 Å². The smallest absolute Gasteiger partial charge is 0.335 e. The third kappa shape index (κ3) is 3.96. The zero-order chi connectivity index (χ0) is 15.6. The highest BCUT2D eigenvalue weighted by Gasteiger charge is 2.13. The normalized spacial score (nSPS) is 10.2. The van der Waals surface area contributed by atoms with E-state index in [2.05, 4.69) is 43.8 Å². The number of hydrogen-bond donors (Lipinski definition) is 2. The predicted molar refractivity (Wildman–Crippen MR) is 93.2 cm³/mol. The van der Waals surface area contributed by atoms with Crippen molar-refractivity contribution in [3.05, 3.63) is 60.6 Å². The highest BCUT2D eigenvalue weighted by molar-refractivity contribution is 14.1. The van der Waals surface area contributed by atoms with Gasteiger partial charge in [-0.05, 0) is 74.9 Å². The van der Waals surface area contributed by atoms with Gasteiger partial charge in [0.15, 0.2) is 0 Å². The van der Waals surface area contributed by atoms with Gasteiger partial charge in [-0.3, -0.25) is 4.79 Å². The summed E-state index contributed by atoms with van der Waals surface area (Å²) in [5.74, 6) is -1.40. The molecular formula is C14H8BrClINO3. The number of carbonyl (C=O) groups is 2. The summed E-state index contributed by atoms with van der Waals surface area (Å²) < 4.78 is 1.59. The summed E-state index contributed by atoms with van der Waals surface area (Å²) in [4.78, 5) is 23.1. The third-order valence-electron chi connectivity index (χ3n) is 2.64. The van der Waals surface area contributed by atoms with Crippen molar-refractivity contribution in [2.75, 3.05) is 5.32 Å². The molecule has 0 fully saturated rings. The van der Waals surface area contributed by atoms with Crippen molar-refractivity contribution in [3.63, 3.8) is 0 Å². The summed E-state index contributed by atoms with van der Waals surface area (Å²) in [6.07, 6.45) is 0. The fraction of sp³-hybridized carbons (Fsp3) is 0. The molecule has 2 rings (SSSR count). The Morgan fingerprint density at radius 2 is 1.90 bits per heavy atom. The van der Waals surface area contributed by atoms with Crippen LogP contribution in [0.2, 0.25) is 5.02 Å². The first-order valence-electron chi connectivity index (χ1n) is 5.67. The molecule has 0 bridgehead atoms. The minimum Gasteiger partial charge on any atom is -0.478 e. The Morgan fingerprint density at radius 3 is 2.52 bits per heavy atom. The van der Waals surface area contributed by atoms with Crippen LogP contribution in [-0.2, 0) is 0 Å². The van der Waals surface area contributed by atoms with Crippen molar-refractivity contribution in [1.82, 2.24) is 0 Å². The SMILES string of the molecule is O=C(O)c1ccc(NC(=O)c2cc(I)ccc2Br)c(Cl)c1. The molecule has 0 aromatic heterocycles. The van der Waals surface area contributed by atoms with Crippen LogP contribution in [0, 0.1) is 3.57 Å². The lowest BCUT2D eigenvalue weighted by atomic mass is 10.2. The van der Waals surface area contributed by atoms with Crippen molar-refractivity contribution in [2.24, 2.45) is 0 Å². The topological polar surface area (TPSA) is 66.4 Å². The predicted octanol–water partition coefficient (Wildman–Crippen LogP) is 4.66. The molecule has 0 unspecified atom stereocenters. The number of rotatable bonds is 3. The number of benzene rings is 2. The van der Waals surface area contributed by atoms with Crippen LogP contribution in [0.3, 0.4) is 0 Å². The van der Waals surface area contributed by atoms with Gasteiger partial charge in [0.1, 0.15) is 0 Å². The zero-order valence-electron chi connectivity index (χ0n) is 10.4. The molecule has 2 aromatic carbocycles. The largest absolute Gasteiger partial charge is 0.478 e. The first kappa shape index (κ1) is 16.3. The summed E-state index contributed by atoms with van der Waals surface area (Å²) in [6.45, 7) is 0. The minimum atomic E-state index is -1.07. The lowest BCUT2D eigenvalue weighted by molar-refractivity contribution is 0.0696. The molecule has 0 aliphatic heterocycles. The van der Waals surface area contributed by atoms with E-state index in [1.807, 2.05) is 6.07 Å². The Labute approximate surface area is 147 Å². The standard InChI is InChI=1S/C14H8BrClINO3/c15-10-3-2-8(17)6-9(10)13(19)18-12-4-1-7(14(20)21)5-11(12)16/h1-6H,(H,18,19)(H,20,21). The Balaban J connectivity index is 2.27. The summed E-state index contributed by atoms with van der Waals surface area (Å²) >= 11 is 11.4. The number of anilines is 1. The highest BCUT2D eigenvalue weighted by atomic mass is 127. The molecule has 0 spiro atoms. The summed E-state index contributed by atoms with van der Waals surface area (Å²) in [5, 5.41) is 11.7. The second kappa shape index (κ2) is 6.76. The number of hydrogen-bond acceptors (Lipinski definition) is 2. The van der Waals surface area contributed by atoms with E-state index in [0.717, 1.165) is 3.57 Å². The molecule has 0 aliphatic rings. The molecule has 21 heavy (non-hydrogen) atoms. The Bertz CT molecular complexity index is 736. The van der Waals surface area contributed by atoms with Crippen LogP contribution in [0.4, 0.5) is 5.69 Å². The van der Waals surface area contributed by atoms with Crippen LogP contribution in [0.1, 0.15) is 20.7 Å². The number of aromatic carboxylic acids is 1. The van der Waals surface area contributed by atoms with Crippen LogP contribution in [-0.4, -0.2) is 17.0 Å². The average molecular weight is 480 g/mol. The second-order valence-electron chi connectivity index (χ2n) is 4.08. The number of nitrogens with one attached hydrogen (secondary N) is 1. The molecule has 0 radical (unpaired) electrons. The van der Waals surface area contributed by atoms with Gasteiger partial charge in [0.25, 0.3) is 5.91 Å². The van der Waals surface area contributed by atoms with Crippen LogP contribution >= 0.6 is 50.1 Å². The first-order chi connectivity index (χ1) is 9.88. The number of carboxylic acid groups (broad SMARTS) is 1. The minimum absolute atomic E-state index is 0.0634. The van der Waals surface area contributed by atoms with Gasteiger partial charge >= 0.3 is 5.97 Å². The van der Waals surface area contributed by atoms with Gasteiger partial charge in [0.05, 0.1) is 21.8 Å². The van der Waals surface area contributed by atoms with Crippen LogP contribution in [0.25, 0.3) is 0 Å². The number of halogens is 3. The maximum atomic E-state index is 12.2. The molecule has 4 nitrogen and oxygen atoms in total. The fourth-order valence-electron chi connectivity index (χ4n) is 1.61. The molecule has 2 N–H and O–H groups in total. The molecule has 2 aromatic rings. The average Bonchev–Trinajstić information content (AvgIpc) is 2.43. The van der Waals surface area contributed by atoms with E-state index in [4.69, 9.17) is 16.7 Å². The van der Waals surface area contributed by atoms with Crippen molar-refractivity contribution >= 4 is 67.7 Å². The van der Waals surface area contributed by atoms with Crippen molar-refractivity contribution in [2.45, 2.75) is 0 Å². The molecule has 108 valence electrons. The third-order valence-corrected chi connectivity index (χ3v) is 4.31. The summed E-state index contributed by atoms with van der Waals surface area (Å²) in [5.41, 5.74) is 0.895. The molecule has 7 heteroatoms. The molecular weight excluding hydrogens is 472 g/mol.